The van der Waals surface area contributed by atoms with E-state index in [9.17, 15) is 0 Å². The van der Waals surface area contributed by atoms with Crippen LogP contribution in [0.2, 0.25) is 0 Å². The molecule has 0 aromatic heterocycles. The zero-order valence-corrected chi connectivity index (χ0v) is 10.2. The fourth-order valence-corrected chi connectivity index (χ4v) is 3.43. The Hall–Kier alpha value is -0.560. The second-order valence-corrected chi connectivity index (χ2v) is 5.46. The summed E-state index contributed by atoms with van der Waals surface area (Å²) in [5.41, 5.74) is 3.36. The minimum absolute atomic E-state index is 0.433. The van der Waals surface area contributed by atoms with E-state index in [0.29, 0.717) is 5.54 Å². The summed E-state index contributed by atoms with van der Waals surface area (Å²) in [5, 5.41) is 0. The van der Waals surface area contributed by atoms with E-state index in [1.165, 1.54) is 50.8 Å². The van der Waals surface area contributed by atoms with E-state index in [-0.39, 0.29) is 0 Å². The van der Waals surface area contributed by atoms with Gasteiger partial charge in [-0.1, -0.05) is 17.2 Å². The SMILES string of the molecule is C=C(C)C[C@@]12CCCN1CCC=C(C)C2. The second kappa shape index (κ2) is 4.13. The van der Waals surface area contributed by atoms with E-state index < -0.39 is 0 Å². The molecule has 1 atom stereocenters. The normalized spacial score (nSPS) is 32.0. The first-order valence-electron chi connectivity index (χ1n) is 6.17. The van der Waals surface area contributed by atoms with Gasteiger partial charge in [0.2, 0.25) is 0 Å². The summed E-state index contributed by atoms with van der Waals surface area (Å²) in [6, 6.07) is 0. The van der Waals surface area contributed by atoms with E-state index in [1.54, 1.807) is 5.57 Å². The van der Waals surface area contributed by atoms with Crippen molar-refractivity contribution in [3.63, 3.8) is 0 Å². The molecule has 2 rings (SSSR count). The molecule has 0 radical (unpaired) electrons. The Balaban J connectivity index is 2.22. The number of hydrogen-bond acceptors (Lipinski definition) is 1. The van der Waals surface area contributed by atoms with Crippen molar-refractivity contribution in [1.82, 2.24) is 4.90 Å². The van der Waals surface area contributed by atoms with Gasteiger partial charge in [0.05, 0.1) is 0 Å². The lowest BCUT2D eigenvalue weighted by atomic mass is 9.83. The van der Waals surface area contributed by atoms with Crippen LogP contribution >= 0.6 is 0 Å². The van der Waals surface area contributed by atoms with Crippen molar-refractivity contribution in [2.24, 2.45) is 0 Å². The van der Waals surface area contributed by atoms with Crippen molar-refractivity contribution in [2.75, 3.05) is 13.1 Å². The fraction of sp³-hybridized carbons (Fsp3) is 0.714. The highest BCUT2D eigenvalue weighted by Gasteiger charge is 2.40. The van der Waals surface area contributed by atoms with Crippen LogP contribution in [-0.2, 0) is 0 Å². The smallest absolute Gasteiger partial charge is 0.0283 e. The molecule has 1 nitrogen and oxygen atoms in total. The third-order valence-electron chi connectivity index (χ3n) is 3.87. The van der Waals surface area contributed by atoms with Gasteiger partial charge in [-0.25, -0.2) is 0 Å². The van der Waals surface area contributed by atoms with Gasteiger partial charge in [-0.3, -0.25) is 4.90 Å². The van der Waals surface area contributed by atoms with Crippen molar-refractivity contribution in [1.29, 1.82) is 0 Å². The predicted molar refractivity (Wildman–Crippen MR) is 66.0 cm³/mol. The predicted octanol–water partition coefficient (Wildman–Crippen LogP) is 3.53. The topological polar surface area (TPSA) is 3.24 Å². The molecule has 0 amide bonds. The Morgan fingerprint density at radius 3 is 3.07 bits per heavy atom. The lowest BCUT2D eigenvalue weighted by molar-refractivity contribution is 0.143. The Bertz CT molecular complexity index is 290. The van der Waals surface area contributed by atoms with Crippen LogP contribution in [0, 0.1) is 0 Å². The molecule has 0 bridgehead atoms. The molecule has 0 spiro atoms. The third kappa shape index (κ3) is 2.17. The summed E-state index contributed by atoms with van der Waals surface area (Å²) in [7, 11) is 0. The summed E-state index contributed by atoms with van der Waals surface area (Å²) >= 11 is 0. The van der Waals surface area contributed by atoms with E-state index in [4.69, 9.17) is 0 Å². The molecule has 1 fully saturated rings. The molecule has 0 N–H and O–H groups in total. The van der Waals surface area contributed by atoms with Crippen molar-refractivity contribution in [3.8, 4) is 0 Å². The molecular weight excluding hydrogens is 182 g/mol. The molecule has 15 heavy (non-hydrogen) atoms. The van der Waals surface area contributed by atoms with E-state index >= 15 is 0 Å². The molecule has 2 heterocycles. The molecule has 0 unspecified atom stereocenters. The lowest BCUT2D eigenvalue weighted by Crippen LogP contribution is -2.43. The van der Waals surface area contributed by atoms with Crippen molar-refractivity contribution < 1.29 is 0 Å². The van der Waals surface area contributed by atoms with Crippen LogP contribution in [-0.4, -0.2) is 23.5 Å². The van der Waals surface area contributed by atoms with Crippen molar-refractivity contribution in [3.05, 3.63) is 23.8 Å². The minimum atomic E-state index is 0.433. The summed E-state index contributed by atoms with van der Waals surface area (Å²) in [6.45, 7) is 11.1. The fourth-order valence-electron chi connectivity index (χ4n) is 3.43. The Labute approximate surface area is 93.9 Å². The van der Waals surface area contributed by atoms with E-state index in [2.05, 4.69) is 31.4 Å². The molecule has 84 valence electrons. The zero-order valence-electron chi connectivity index (χ0n) is 10.2. The maximum Gasteiger partial charge on any atom is 0.0283 e. The van der Waals surface area contributed by atoms with Crippen molar-refractivity contribution >= 4 is 0 Å². The van der Waals surface area contributed by atoms with Gasteiger partial charge in [-0.15, -0.1) is 6.58 Å². The minimum Gasteiger partial charge on any atom is -0.297 e. The quantitative estimate of drug-likeness (QED) is 0.623. The molecule has 1 saturated heterocycles. The number of nitrogens with zero attached hydrogens (tertiary/aromatic N) is 1. The van der Waals surface area contributed by atoms with Gasteiger partial charge < -0.3 is 0 Å². The lowest BCUT2D eigenvalue weighted by Gasteiger charge is -2.38. The van der Waals surface area contributed by atoms with Crippen LogP contribution in [0.3, 0.4) is 0 Å². The summed E-state index contributed by atoms with van der Waals surface area (Å²) < 4.78 is 0. The van der Waals surface area contributed by atoms with Crippen LogP contribution in [0.4, 0.5) is 0 Å². The molecule has 0 saturated carbocycles. The molecule has 1 heteroatoms. The van der Waals surface area contributed by atoms with Gasteiger partial charge in [0.1, 0.15) is 0 Å². The molecular formula is C14H23N. The van der Waals surface area contributed by atoms with Crippen LogP contribution in [0.1, 0.15) is 46.0 Å². The van der Waals surface area contributed by atoms with E-state index in [0.717, 1.165) is 0 Å². The highest BCUT2D eigenvalue weighted by atomic mass is 15.2. The maximum atomic E-state index is 4.11. The Morgan fingerprint density at radius 2 is 2.33 bits per heavy atom. The van der Waals surface area contributed by atoms with Gasteiger partial charge in [-0.05, 0) is 52.5 Å². The first kappa shape index (κ1) is 10.9. The van der Waals surface area contributed by atoms with Gasteiger partial charge in [0.15, 0.2) is 0 Å². The van der Waals surface area contributed by atoms with Gasteiger partial charge in [0, 0.05) is 12.1 Å². The van der Waals surface area contributed by atoms with Gasteiger partial charge in [0.25, 0.3) is 0 Å². The number of fused-ring (bicyclic) bond motifs is 1. The zero-order chi connectivity index (χ0) is 10.9. The van der Waals surface area contributed by atoms with Gasteiger partial charge in [-0.2, -0.15) is 0 Å². The molecule has 0 aromatic carbocycles. The van der Waals surface area contributed by atoms with Gasteiger partial charge >= 0.3 is 0 Å². The Kier molecular flexibility index (Phi) is 3.01. The summed E-state index contributed by atoms with van der Waals surface area (Å²) in [4.78, 5) is 2.72. The average molecular weight is 205 g/mol. The largest absolute Gasteiger partial charge is 0.297 e. The van der Waals surface area contributed by atoms with Crippen LogP contribution in [0.15, 0.2) is 23.8 Å². The summed E-state index contributed by atoms with van der Waals surface area (Å²) in [6.07, 6.45) is 8.87. The molecule has 0 aromatic rings. The highest BCUT2D eigenvalue weighted by molar-refractivity contribution is 5.15. The maximum absolute atomic E-state index is 4.11. The first-order valence-corrected chi connectivity index (χ1v) is 6.17. The molecule has 2 aliphatic heterocycles. The number of hydrogen-bond donors (Lipinski definition) is 0. The monoisotopic (exact) mass is 205 g/mol. The third-order valence-corrected chi connectivity index (χ3v) is 3.87. The second-order valence-electron chi connectivity index (χ2n) is 5.46. The van der Waals surface area contributed by atoms with Crippen LogP contribution in [0.5, 0.6) is 0 Å². The number of rotatable bonds is 2. The Morgan fingerprint density at radius 1 is 1.53 bits per heavy atom. The summed E-state index contributed by atoms with van der Waals surface area (Å²) in [5.74, 6) is 0. The highest BCUT2D eigenvalue weighted by Crippen LogP contribution is 2.41. The van der Waals surface area contributed by atoms with Crippen LogP contribution in [0.25, 0.3) is 0 Å². The standard InChI is InChI=1S/C14H23N/c1-12(2)10-14-7-5-9-15(14)8-4-6-13(3)11-14/h6H,1,4-5,7-11H2,2-3H3/t14-/m1/s1. The average Bonchev–Trinajstić information content (AvgIpc) is 2.41. The first-order chi connectivity index (χ1) is 7.12. The molecule has 2 aliphatic rings. The van der Waals surface area contributed by atoms with Crippen molar-refractivity contribution in [2.45, 2.75) is 51.5 Å². The molecule has 0 aliphatic carbocycles. The van der Waals surface area contributed by atoms with E-state index in [1.807, 2.05) is 0 Å². The van der Waals surface area contributed by atoms with Crippen LogP contribution < -0.4 is 0 Å².